The zero-order valence-electron chi connectivity index (χ0n) is 12.7. The Morgan fingerprint density at radius 2 is 1.57 bits per heavy atom. The summed E-state index contributed by atoms with van der Waals surface area (Å²) in [6.45, 7) is 3.38. The number of halogens is 3. The van der Waals surface area contributed by atoms with Crippen LogP contribution in [0.1, 0.15) is 19.4 Å². The van der Waals surface area contributed by atoms with Crippen LogP contribution in [0.2, 0.25) is 0 Å². The number of aliphatic hydroxyl groups is 1. The first-order valence-corrected chi connectivity index (χ1v) is 7.05. The number of benzene rings is 2. The van der Waals surface area contributed by atoms with E-state index in [0.29, 0.717) is 5.56 Å². The summed E-state index contributed by atoms with van der Waals surface area (Å²) in [5.74, 6) is -0.344. The molecule has 0 saturated carbocycles. The molecule has 0 heterocycles. The summed E-state index contributed by atoms with van der Waals surface area (Å²) in [5.41, 5.74) is 2.25. The molecule has 2 aromatic carbocycles. The molecule has 3 nitrogen and oxygen atoms in total. The Morgan fingerprint density at radius 3 is 2.09 bits per heavy atom. The molecule has 1 N–H and O–H groups in total. The molecule has 0 aliphatic rings. The van der Waals surface area contributed by atoms with Gasteiger partial charge in [0.1, 0.15) is 0 Å². The van der Waals surface area contributed by atoms with Gasteiger partial charge in [0.25, 0.3) is 0 Å². The Labute approximate surface area is 132 Å². The van der Waals surface area contributed by atoms with Crippen molar-refractivity contribution in [2.75, 3.05) is 0 Å². The van der Waals surface area contributed by atoms with E-state index < -0.39 is 6.36 Å². The maximum atomic E-state index is 12.5. The molecule has 0 aliphatic heterocycles. The summed E-state index contributed by atoms with van der Waals surface area (Å²) in [5, 5.41) is 9.04. The quantitative estimate of drug-likeness (QED) is 0.877. The zero-order valence-corrected chi connectivity index (χ0v) is 12.7. The van der Waals surface area contributed by atoms with Crippen LogP contribution in [0, 0.1) is 0 Å². The second-order valence-electron chi connectivity index (χ2n) is 5.23. The molecular weight excluding hydrogens is 309 g/mol. The summed E-state index contributed by atoms with van der Waals surface area (Å²) in [6, 6.07) is 11.3. The van der Waals surface area contributed by atoms with Gasteiger partial charge in [0, 0.05) is 0 Å². The molecule has 2 rings (SSSR count). The normalized spacial score (nSPS) is 11.6. The van der Waals surface area contributed by atoms with Gasteiger partial charge in [-0.15, -0.1) is 13.2 Å². The largest absolute Gasteiger partial charge is 0.573 e. The van der Waals surface area contributed by atoms with Crippen LogP contribution in [0.25, 0.3) is 11.1 Å². The molecule has 0 fully saturated rings. The highest BCUT2D eigenvalue weighted by atomic mass is 19.4. The van der Waals surface area contributed by atoms with Crippen molar-refractivity contribution in [3.8, 4) is 22.6 Å². The SMILES string of the molecule is CC(C)Oc1cc(-c2ccc(CO)cc2)ccc1OC(F)(F)F. The van der Waals surface area contributed by atoms with Crippen LogP contribution in [0.5, 0.6) is 11.5 Å². The first-order valence-electron chi connectivity index (χ1n) is 7.05. The van der Waals surface area contributed by atoms with E-state index in [4.69, 9.17) is 9.84 Å². The van der Waals surface area contributed by atoms with Crippen molar-refractivity contribution < 1.29 is 27.8 Å². The smallest absolute Gasteiger partial charge is 0.487 e. The maximum Gasteiger partial charge on any atom is 0.573 e. The Bertz CT molecular complexity index is 649. The highest BCUT2D eigenvalue weighted by Crippen LogP contribution is 2.36. The van der Waals surface area contributed by atoms with Gasteiger partial charge in [-0.25, -0.2) is 0 Å². The van der Waals surface area contributed by atoms with Crippen molar-refractivity contribution in [2.45, 2.75) is 32.9 Å². The van der Waals surface area contributed by atoms with E-state index in [1.807, 2.05) is 0 Å². The standard InChI is InChI=1S/C17H17F3O3/c1-11(2)22-16-9-14(7-8-15(16)23-17(18,19)20)13-5-3-12(10-21)4-6-13/h3-9,11,21H,10H2,1-2H3. The van der Waals surface area contributed by atoms with E-state index in [1.165, 1.54) is 18.2 Å². The molecule has 0 atom stereocenters. The van der Waals surface area contributed by atoms with Gasteiger partial charge in [0.15, 0.2) is 11.5 Å². The molecule has 0 unspecified atom stereocenters. The van der Waals surface area contributed by atoms with Crippen LogP contribution in [-0.4, -0.2) is 17.6 Å². The fourth-order valence-corrected chi connectivity index (χ4v) is 2.05. The lowest BCUT2D eigenvalue weighted by molar-refractivity contribution is -0.275. The minimum Gasteiger partial charge on any atom is -0.487 e. The van der Waals surface area contributed by atoms with Crippen LogP contribution in [0.15, 0.2) is 42.5 Å². The Morgan fingerprint density at radius 1 is 0.957 bits per heavy atom. The fourth-order valence-electron chi connectivity index (χ4n) is 2.05. The van der Waals surface area contributed by atoms with E-state index in [0.717, 1.165) is 11.1 Å². The van der Waals surface area contributed by atoms with Crippen molar-refractivity contribution in [3.63, 3.8) is 0 Å². The lowest BCUT2D eigenvalue weighted by Crippen LogP contribution is -2.18. The summed E-state index contributed by atoms with van der Waals surface area (Å²) < 4.78 is 46.8. The lowest BCUT2D eigenvalue weighted by Gasteiger charge is -2.17. The van der Waals surface area contributed by atoms with E-state index in [-0.39, 0.29) is 24.2 Å². The topological polar surface area (TPSA) is 38.7 Å². The Balaban J connectivity index is 2.37. The molecule has 0 saturated heterocycles. The summed E-state index contributed by atoms with van der Waals surface area (Å²) in [6.07, 6.45) is -5.07. The number of hydrogen-bond acceptors (Lipinski definition) is 3. The third-order valence-corrected chi connectivity index (χ3v) is 3.00. The molecule has 23 heavy (non-hydrogen) atoms. The number of ether oxygens (including phenoxy) is 2. The molecule has 0 aliphatic carbocycles. The first kappa shape index (κ1) is 17.1. The predicted molar refractivity (Wildman–Crippen MR) is 80.2 cm³/mol. The van der Waals surface area contributed by atoms with Gasteiger partial charge in [-0.3, -0.25) is 0 Å². The zero-order chi connectivity index (χ0) is 17.0. The van der Waals surface area contributed by atoms with Crippen molar-refractivity contribution in [1.82, 2.24) is 0 Å². The predicted octanol–water partition coefficient (Wildman–Crippen LogP) is 4.53. The molecule has 0 radical (unpaired) electrons. The number of hydrogen-bond donors (Lipinski definition) is 1. The second-order valence-corrected chi connectivity index (χ2v) is 5.23. The monoisotopic (exact) mass is 326 g/mol. The van der Waals surface area contributed by atoms with E-state index in [2.05, 4.69) is 4.74 Å². The lowest BCUT2D eigenvalue weighted by atomic mass is 10.0. The van der Waals surface area contributed by atoms with Gasteiger partial charge < -0.3 is 14.6 Å². The highest BCUT2D eigenvalue weighted by molar-refractivity contribution is 5.67. The fraction of sp³-hybridized carbons (Fsp3) is 0.294. The van der Waals surface area contributed by atoms with Crippen molar-refractivity contribution in [3.05, 3.63) is 48.0 Å². The summed E-state index contributed by atoms with van der Waals surface area (Å²) in [7, 11) is 0. The van der Waals surface area contributed by atoms with Gasteiger partial charge in [0.2, 0.25) is 0 Å². The third kappa shape index (κ3) is 4.89. The first-order chi connectivity index (χ1) is 10.8. The second kappa shape index (κ2) is 6.91. The van der Waals surface area contributed by atoms with Crippen LogP contribution >= 0.6 is 0 Å². The maximum absolute atomic E-state index is 12.5. The van der Waals surface area contributed by atoms with Crippen molar-refractivity contribution in [2.24, 2.45) is 0 Å². The molecule has 0 spiro atoms. The number of alkyl halides is 3. The molecule has 0 aromatic heterocycles. The van der Waals surface area contributed by atoms with Crippen LogP contribution in [-0.2, 0) is 6.61 Å². The highest BCUT2D eigenvalue weighted by Gasteiger charge is 2.32. The molecule has 0 amide bonds. The van der Waals surface area contributed by atoms with E-state index in [1.54, 1.807) is 38.1 Å². The Kier molecular flexibility index (Phi) is 5.15. The van der Waals surface area contributed by atoms with Crippen molar-refractivity contribution >= 4 is 0 Å². The summed E-state index contributed by atoms with van der Waals surface area (Å²) in [4.78, 5) is 0. The minimum atomic E-state index is -4.78. The Hall–Kier alpha value is -2.21. The van der Waals surface area contributed by atoms with Gasteiger partial charge in [0.05, 0.1) is 12.7 Å². The molecule has 0 bridgehead atoms. The average Bonchev–Trinajstić information content (AvgIpc) is 2.47. The van der Waals surface area contributed by atoms with Crippen LogP contribution < -0.4 is 9.47 Å². The van der Waals surface area contributed by atoms with Crippen molar-refractivity contribution in [1.29, 1.82) is 0 Å². The number of aliphatic hydroxyl groups excluding tert-OH is 1. The minimum absolute atomic E-state index is 0.0288. The number of rotatable bonds is 5. The van der Waals surface area contributed by atoms with E-state index in [9.17, 15) is 13.2 Å². The van der Waals surface area contributed by atoms with Gasteiger partial charge in [-0.05, 0) is 42.7 Å². The average molecular weight is 326 g/mol. The van der Waals surface area contributed by atoms with Crippen LogP contribution in [0.3, 0.4) is 0 Å². The molecule has 6 heteroatoms. The molecule has 2 aromatic rings. The summed E-state index contributed by atoms with van der Waals surface area (Å²) >= 11 is 0. The third-order valence-electron chi connectivity index (χ3n) is 3.00. The van der Waals surface area contributed by atoms with Gasteiger partial charge >= 0.3 is 6.36 Å². The molecular formula is C17H17F3O3. The van der Waals surface area contributed by atoms with E-state index >= 15 is 0 Å². The molecule has 124 valence electrons. The van der Waals surface area contributed by atoms with Gasteiger partial charge in [-0.2, -0.15) is 0 Å². The van der Waals surface area contributed by atoms with Gasteiger partial charge in [-0.1, -0.05) is 30.3 Å². The van der Waals surface area contributed by atoms with Crippen LogP contribution in [0.4, 0.5) is 13.2 Å².